The summed E-state index contributed by atoms with van der Waals surface area (Å²) < 4.78 is 17.5. The van der Waals surface area contributed by atoms with Gasteiger partial charge in [-0.3, -0.25) is 4.79 Å². The van der Waals surface area contributed by atoms with E-state index >= 15 is 0 Å². The Balaban J connectivity index is 1.04. The number of amides is 1. The lowest BCUT2D eigenvalue weighted by Crippen LogP contribution is -2.47. The van der Waals surface area contributed by atoms with E-state index in [9.17, 15) is 15.0 Å². The average molecular weight is 564 g/mol. The van der Waals surface area contributed by atoms with Crippen LogP contribution in [0.3, 0.4) is 0 Å². The van der Waals surface area contributed by atoms with E-state index in [1.807, 2.05) is 42.5 Å². The first kappa shape index (κ1) is 27.9. The molecule has 2 aliphatic heterocycles. The lowest BCUT2D eigenvalue weighted by molar-refractivity contribution is -0.0272. The summed E-state index contributed by atoms with van der Waals surface area (Å²) in [5, 5.41) is 25.2. The van der Waals surface area contributed by atoms with Gasteiger partial charge in [-0.05, 0) is 74.8 Å². The lowest BCUT2D eigenvalue weighted by Gasteiger charge is -2.39. The summed E-state index contributed by atoms with van der Waals surface area (Å²) in [7, 11) is 1.63. The van der Waals surface area contributed by atoms with Gasteiger partial charge in [-0.25, -0.2) is 0 Å². The Kier molecular flexibility index (Phi) is 7.85. The number of fused-ring (bicyclic) bond motifs is 2. The Morgan fingerprint density at radius 3 is 2.80 bits per heavy atom. The van der Waals surface area contributed by atoms with Crippen LogP contribution in [0, 0.1) is 5.92 Å². The number of methoxy groups -OCH3 is 1. The number of ether oxygens (including phenoxy) is 3. The van der Waals surface area contributed by atoms with Gasteiger partial charge in [0.25, 0.3) is 5.91 Å². The number of carbonyl (C=O) groups excluding carboxylic acids is 1. The molecule has 3 atom stereocenters. The van der Waals surface area contributed by atoms with Crippen LogP contribution < -0.4 is 19.5 Å². The normalized spacial score (nSPS) is 28.2. The van der Waals surface area contributed by atoms with Gasteiger partial charge in [-0.15, -0.1) is 0 Å². The Labute approximate surface area is 240 Å². The average Bonchev–Trinajstić information content (AvgIpc) is 3.60. The minimum atomic E-state index is -0.693. The summed E-state index contributed by atoms with van der Waals surface area (Å²) in [6.45, 7) is 5.10. The van der Waals surface area contributed by atoms with E-state index in [0.29, 0.717) is 30.9 Å². The number of aliphatic hydroxyl groups excluding tert-OH is 1. The number of likely N-dealkylation sites (tertiary alicyclic amines) is 1. The second-order valence-corrected chi connectivity index (χ2v) is 12.1. The molecule has 220 valence electrons. The zero-order chi connectivity index (χ0) is 28.6. The van der Waals surface area contributed by atoms with Crippen molar-refractivity contribution in [2.45, 2.75) is 69.3 Å². The molecule has 1 saturated carbocycles. The highest BCUT2D eigenvalue weighted by Gasteiger charge is 2.35. The molecule has 1 aliphatic carbocycles. The molecule has 6 rings (SSSR count). The number of H-pyrrole nitrogens is 1. The van der Waals surface area contributed by atoms with Crippen LogP contribution in [0.25, 0.3) is 10.9 Å². The molecule has 41 heavy (non-hydrogen) atoms. The Morgan fingerprint density at radius 2 is 2.02 bits per heavy atom. The third-order valence-corrected chi connectivity index (χ3v) is 9.18. The molecule has 3 aromatic rings. The van der Waals surface area contributed by atoms with Crippen molar-refractivity contribution in [3.63, 3.8) is 0 Å². The molecule has 3 heterocycles. The van der Waals surface area contributed by atoms with Gasteiger partial charge in [0.1, 0.15) is 29.5 Å². The minimum absolute atomic E-state index is 0.0270. The van der Waals surface area contributed by atoms with E-state index in [-0.39, 0.29) is 30.1 Å². The van der Waals surface area contributed by atoms with Gasteiger partial charge in [0, 0.05) is 48.2 Å². The quantitative estimate of drug-likeness (QED) is 0.325. The largest absolute Gasteiger partial charge is 0.497 e. The van der Waals surface area contributed by atoms with Crippen LogP contribution in [0.1, 0.15) is 67.6 Å². The van der Waals surface area contributed by atoms with Gasteiger partial charge in [-0.2, -0.15) is 0 Å². The molecule has 1 amide bonds. The number of hydrogen-bond donors (Lipinski definition) is 4. The van der Waals surface area contributed by atoms with Crippen LogP contribution in [-0.2, 0) is 0 Å². The fourth-order valence-corrected chi connectivity index (χ4v) is 6.49. The molecule has 1 aromatic heterocycles. The number of nitrogens with one attached hydrogen (secondary N) is 2. The Hall–Kier alpha value is -3.27. The van der Waals surface area contributed by atoms with Crippen LogP contribution in [-0.4, -0.2) is 77.1 Å². The maximum absolute atomic E-state index is 13.2. The molecular weight excluding hydrogens is 522 g/mol. The van der Waals surface area contributed by atoms with Gasteiger partial charge < -0.3 is 39.6 Å². The van der Waals surface area contributed by atoms with Gasteiger partial charge in [0.15, 0.2) is 6.10 Å². The molecule has 0 spiro atoms. The van der Waals surface area contributed by atoms with Crippen molar-refractivity contribution in [2.75, 3.05) is 33.4 Å². The number of rotatable bonds is 8. The van der Waals surface area contributed by atoms with E-state index in [4.69, 9.17) is 14.2 Å². The summed E-state index contributed by atoms with van der Waals surface area (Å²) in [6.07, 6.45) is 3.90. The summed E-state index contributed by atoms with van der Waals surface area (Å²) >= 11 is 0. The van der Waals surface area contributed by atoms with E-state index in [1.165, 1.54) is 0 Å². The van der Waals surface area contributed by atoms with Crippen LogP contribution in [0.5, 0.6) is 17.2 Å². The minimum Gasteiger partial charge on any atom is -0.497 e. The summed E-state index contributed by atoms with van der Waals surface area (Å²) in [5.74, 6) is 2.32. The fourth-order valence-electron chi connectivity index (χ4n) is 6.49. The van der Waals surface area contributed by atoms with Crippen LogP contribution in [0.2, 0.25) is 0 Å². The monoisotopic (exact) mass is 563 g/mol. The second kappa shape index (κ2) is 11.5. The summed E-state index contributed by atoms with van der Waals surface area (Å²) in [6, 6.07) is 13.4. The predicted octanol–water partition coefficient (Wildman–Crippen LogP) is 4.19. The van der Waals surface area contributed by atoms with Gasteiger partial charge >= 0.3 is 0 Å². The maximum Gasteiger partial charge on any atom is 0.267 e. The highest BCUT2D eigenvalue weighted by Crippen LogP contribution is 2.39. The van der Waals surface area contributed by atoms with Gasteiger partial charge in [0.05, 0.1) is 18.8 Å². The van der Waals surface area contributed by atoms with Crippen LogP contribution in [0.4, 0.5) is 0 Å². The van der Waals surface area contributed by atoms with Crippen LogP contribution >= 0.6 is 0 Å². The smallest absolute Gasteiger partial charge is 0.267 e. The topological polar surface area (TPSA) is 116 Å². The van der Waals surface area contributed by atoms with E-state index in [0.717, 1.165) is 73.3 Å². The number of benzene rings is 2. The maximum atomic E-state index is 13.2. The molecule has 9 heteroatoms. The number of carbonyl (C=O) groups is 1. The third kappa shape index (κ3) is 6.03. The summed E-state index contributed by atoms with van der Waals surface area (Å²) in [4.78, 5) is 18.8. The van der Waals surface area contributed by atoms with E-state index in [1.54, 1.807) is 7.11 Å². The van der Waals surface area contributed by atoms with Crippen molar-refractivity contribution in [3.8, 4) is 17.2 Å². The molecule has 2 fully saturated rings. The number of nitrogens with zero attached hydrogens (tertiary/aromatic N) is 1. The first-order valence-corrected chi connectivity index (χ1v) is 14.8. The molecule has 0 bridgehead atoms. The SMILES string of the molecule is COc1ccc2c(c1)OCC2Oc1cccc2[nH]c(C(=O)NC3CCC(O)(CCN4CC[C@H](O)[C@@H](C)C4)CC3)cc12. The van der Waals surface area contributed by atoms with Crippen molar-refractivity contribution in [1.82, 2.24) is 15.2 Å². The Bertz CT molecular complexity index is 1380. The lowest BCUT2D eigenvalue weighted by atomic mass is 9.80. The molecule has 1 unspecified atom stereocenters. The van der Waals surface area contributed by atoms with Crippen LogP contribution in [0.15, 0.2) is 42.5 Å². The number of aromatic nitrogens is 1. The molecular formula is C32H41N3O6. The second-order valence-electron chi connectivity index (χ2n) is 12.1. The molecule has 0 radical (unpaired) electrons. The van der Waals surface area contributed by atoms with Crippen molar-refractivity contribution in [3.05, 3.63) is 53.7 Å². The van der Waals surface area contributed by atoms with E-state index in [2.05, 4.69) is 22.1 Å². The fraction of sp³-hybridized carbons (Fsp3) is 0.531. The highest BCUT2D eigenvalue weighted by molar-refractivity contribution is 5.99. The van der Waals surface area contributed by atoms with Crippen molar-refractivity contribution in [1.29, 1.82) is 0 Å². The number of hydrogen-bond acceptors (Lipinski definition) is 7. The molecule has 2 aromatic carbocycles. The molecule has 1 saturated heterocycles. The molecule has 4 N–H and O–H groups in total. The van der Waals surface area contributed by atoms with Gasteiger partial charge in [0.2, 0.25) is 0 Å². The van der Waals surface area contributed by atoms with Crippen molar-refractivity contribution in [2.24, 2.45) is 5.92 Å². The molecule has 3 aliphatic rings. The predicted molar refractivity (Wildman–Crippen MR) is 156 cm³/mol. The number of aromatic amines is 1. The van der Waals surface area contributed by atoms with Crippen molar-refractivity contribution >= 4 is 16.8 Å². The standard InChI is InChI=1S/C32H41N3O6/c1-20-18-35(14-10-27(20)36)15-13-32(38)11-8-21(9-12-32)33-31(37)26-17-24-25(34-26)4-3-5-28(24)41-30-19-40-29-16-22(39-2)6-7-23(29)30/h3-7,16-17,20-21,27,30,34,36,38H,8-15,18-19H2,1-2H3,(H,33,37)/t20-,21?,27-,30?,32?/m0/s1. The zero-order valence-electron chi connectivity index (χ0n) is 23.9. The van der Waals surface area contributed by atoms with Crippen molar-refractivity contribution < 1.29 is 29.2 Å². The highest BCUT2D eigenvalue weighted by atomic mass is 16.5. The van der Waals surface area contributed by atoms with E-state index < -0.39 is 5.60 Å². The third-order valence-electron chi connectivity index (χ3n) is 9.18. The number of piperidine rings is 1. The Morgan fingerprint density at radius 1 is 1.20 bits per heavy atom. The first-order valence-electron chi connectivity index (χ1n) is 14.8. The number of aliphatic hydroxyl groups is 2. The zero-order valence-corrected chi connectivity index (χ0v) is 23.9. The first-order chi connectivity index (χ1) is 19.8. The van der Waals surface area contributed by atoms with Gasteiger partial charge in [-0.1, -0.05) is 13.0 Å². The molecule has 9 nitrogen and oxygen atoms in total. The summed E-state index contributed by atoms with van der Waals surface area (Å²) in [5.41, 5.74) is 1.60.